The molecule has 4 aromatic rings. The molecule has 0 aliphatic heterocycles. The number of pyridine rings is 1. The lowest BCUT2D eigenvalue weighted by Crippen LogP contribution is -2.40. The fourth-order valence-electron chi connectivity index (χ4n) is 5.37. The first-order valence-corrected chi connectivity index (χ1v) is 15.7. The van der Waals surface area contributed by atoms with E-state index in [4.69, 9.17) is 24.9 Å². The van der Waals surface area contributed by atoms with Crippen LogP contribution in [0.15, 0.2) is 48.5 Å². The fraction of sp³-hybridized carbons (Fsp3) is 0.471. The Bertz CT molecular complexity index is 1580. The van der Waals surface area contributed by atoms with Gasteiger partial charge in [0.1, 0.15) is 17.1 Å². The van der Waals surface area contributed by atoms with Crippen LogP contribution >= 0.6 is 0 Å². The Balaban J connectivity index is 1.56. The number of likely N-dealkylation sites (N-methyl/N-ethyl adjacent to an activating group) is 1. The molecule has 2 heterocycles. The molecule has 0 unspecified atom stereocenters. The molecule has 0 aliphatic rings. The molecule has 242 valence electrons. The Morgan fingerprint density at radius 2 is 1.82 bits per heavy atom. The summed E-state index contributed by atoms with van der Waals surface area (Å²) in [7, 11) is 1.68. The number of imidazole rings is 1. The van der Waals surface area contributed by atoms with Crippen molar-refractivity contribution in [1.82, 2.24) is 24.3 Å². The van der Waals surface area contributed by atoms with Crippen LogP contribution in [0.5, 0.6) is 5.75 Å². The first-order valence-electron chi connectivity index (χ1n) is 15.7. The number of aryl methyl sites for hydroxylation is 1. The van der Waals surface area contributed by atoms with E-state index < -0.39 is 5.97 Å². The van der Waals surface area contributed by atoms with Crippen LogP contribution in [0.3, 0.4) is 0 Å². The predicted octanol–water partition coefficient (Wildman–Crippen LogP) is 4.45. The summed E-state index contributed by atoms with van der Waals surface area (Å²) in [6.07, 6.45) is 1.12. The highest BCUT2D eigenvalue weighted by atomic mass is 16.6. The molecule has 11 heteroatoms. The number of amides is 1. The van der Waals surface area contributed by atoms with Gasteiger partial charge in [-0.05, 0) is 57.1 Å². The van der Waals surface area contributed by atoms with Crippen molar-refractivity contribution in [2.24, 2.45) is 0 Å². The third-order valence-electron chi connectivity index (χ3n) is 7.63. The van der Waals surface area contributed by atoms with E-state index >= 15 is 0 Å². The molecular formula is C34H46N6O5. The molecule has 0 bridgehead atoms. The lowest BCUT2D eigenvalue weighted by atomic mass is 10.1. The number of fused-ring (bicyclic) bond motifs is 3. The number of methoxy groups -OCH3 is 1. The second-order valence-corrected chi connectivity index (χ2v) is 11.2. The highest BCUT2D eigenvalue weighted by Crippen LogP contribution is 2.29. The summed E-state index contributed by atoms with van der Waals surface area (Å²) in [5, 5.41) is 0.987. The summed E-state index contributed by atoms with van der Waals surface area (Å²) in [4.78, 5) is 39.1. The summed E-state index contributed by atoms with van der Waals surface area (Å²) in [5.41, 5.74) is 9.73. The molecule has 0 atom stereocenters. The first-order chi connectivity index (χ1) is 21.7. The van der Waals surface area contributed by atoms with Gasteiger partial charge < -0.3 is 29.4 Å². The average Bonchev–Trinajstić information content (AvgIpc) is 3.40. The molecule has 45 heavy (non-hydrogen) atoms. The van der Waals surface area contributed by atoms with Gasteiger partial charge in [0, 0.05) is 38.6 Å². The Kier molecular flexibility index (Phi) is 12.1. The van der Waals surface area contributed by atoms with E-state index in [0.29, 0.717) is 62.7 Å². The van der Waals surface area contributed by atoms with E-state index in [-0.39, 0.29) is 18.6 Å². The van der Waals surface area contributed by atoms with Crippen LogP contribution in [-0.4, -0.2) is 88.8 Å². The second kappa shape index (κ2) is 16.2. The SMILES string of the molecule is CCN(CC)CC(=O)N(CCCn1c(CCOC)nc2c(N)nc3ccccc3c21)Cc1cccc(OCC(=O)OC(C)C)c1. The Labute approximate surface area is 265 Å². The zero-order valence-corrected chi connectivity index (χ0v) is 27.1. The van der Waals surface area contributed by atoms with Gasteiger partial charge in [-0.1, -0.05) is 44.2 Å². The van der Waals surface area contributed by atoms with Crippen LogP contribution in [0.1, 0.15) is 45.5 Å². The molecule has 0 spiro atoms. The largest absolute Gasteiger partial charge is 0.482 e. The number of nitrogens with zero attached hydrogens (tertiary/aromatic N) is 5. The molecule has 2 N–H and O–H groups in total. The quantitative estimate of drug-likeness (QED) is 0.171. The van der Waals surface area contributed by atoms with Crippen molar-refractivity contribution in [1.29, 1.82) is 0 Å². The number of esters is 1. The topological polar surface area (TPSA) is 125 Å². The molecule has 2 aromatic heterocycles. The van der Waals surface area contributed by atoms with Crippen molar-refractivity contribution in [3.05, 3.63) is 59.9 Å². The normalized spacial score (nSPS) is 11.5. The van der Waals surface area contributed by atoms with Crippen LogP contribution in [0.25, 0.3) is 21.9 Å². The summed E-state index contributed by atoms with van der Waals surface area (Å²) in [6, 6.07) is 15.4. The smallest absolute Gasteiger partial charge is 0.344 e. The van der Waals surface area contributed by atoms with Gasteiger partial charge in [-0.3, -0.25) is 9.69 Å². The zero-order chi connectivity index (χ0) is 32.3. The van der Waals surface area contributed by atoms with Gasteiger partial charge in [-0.15, -0.1) is 0 Å². The van der Waals surface area contributed by atoms with Crippen LogP contribution in [0.4, 0.5) is 5.82 Å². The molecular weight excluding hydrogens is 572 g/mol. The number of carbonyl (C=O) groups is 2. The lowest BCUT2D eigenvalue weighted by Gasteiger charge is -2.27. The van der Waals surface area contributed by atoms with Crippen molar-refractivity contribution in [2.45, 2.75) is 59.7 Å². The Morgan fingerprint density at radius 1 is 1.04 bits per heavy atom. The van der Waals surface area contributed by atoms with Crippen LogP contribution in [0, 0.1) is 0 Å². The van der Waals surface area contributed by atoms with Crippen molar-refractivity contribution in [3.8, 4) is 5.75 Å². The predicted molar refractivity (Wildman–Crippen MR) is 176 cm³/mol. The minimum atomic E-state index is -0.423. The molecule has 1 amide bonds. The maximum Gasteiger partial charge on any atom is 0.344 e. The van der Waals surface area contributed by atoms with Crippen LogP contribution < -0.4 is 10.5 Å². The number of ether oxygens (including phenoxy) is 3. The van der Waals surface area contributed by atoms with Gasteiger partial charge in [0.15, 0.2) is 12.4 Å². The second-order valence-electron chi connectivity index (χ2n) is 11.2. The summed E-state index contributed by atoms with van der Waals surface area (Å²) < 4.78 is 18.4. The van der Waals surface area contributed by atoms with Crippen molar-refractivity contribution in [2.75, 3.05) is 52.2 Å². The third kappa shape index (κ3) is 8.92. The number of para-hydroxylation sites is 1. The van der Waals surface area contributed by atoms with Crippen LogP contribution in [-0.2, 0) is 38.6 Å². The third-order valence-corrected chi connectivity index (χ3v) is 7.63. The maximum atomic E-state index is 13.6. The Hall–Kier alpha value is -4.22. The lowest BCUT2D eigenvalue weighted by molar-refractivity contribution is -0.149. The molecule has 11 nitrogen and oxygen atoms in total. The number of hydrogen-bond acceptors (Lipinski definition) is 9. The van der Waals surface area contributed by atoms with E-state index in [1.54, 1.807) is 27.0 Å². The van der Waals surface area contributed by atoms with E-state index in [2.05, 4.69) is 28.3 Å². The van der Waals surface area contributed by atoms with E-state index in [9.17, 15) is 9.59 Å². The number of nitrogen functional groups attached to an aromatic ring is 1. The molecule has 0 fully saturated rings. The number of anilines is 1. The summed E-state index contributed by atoms with van der Waals surface area (Å²) >= 11 is 0. The number of aromatic nitrogens is 3. The molecule has 4 rings (SSSR count). The number of carbonyl (C=O) groups excluding carboxylic acids is 2. The minimum absolute atomic E-state index is 0.0551. The van der Waals surface area contributed by atoms with Crippen molar-refractivity contribution in [3.63, 3.8) is 0 Å². The summed E-state index contributed by atoms with van der Waals surface area (Å²) in [5.74, 6) is 1.46. The average molecular weight is 619 g/mol. The minimum Gasteiger partial charge on any atom is -0.482 e. The van der Waals surface area contributed by atoms with Gasteiger partial charge in [0.25, 0.3) is 0 Å². The van der Waals surface area contributed by atoms with Crippen molar-refractivity contribution >= 4 is 39.6 Å². The monoisotopic (exact) mass is 618 g/mol. The molecule has 0 radical (unpaired) electrons. The van der Waals surface area contributed by atoms with Crippen LogP contribution in [0.2, 0.25) is 0 Å². The number of hydrogen-bond donors (Lipinski definition) is 1. The maximum absolute atomic E-state index is 13.6. The molecule has 2 aromatic carbocycles. The van der Waals surface area contributed by atoms with E-state index in [1.165, 1.54) is 0 Å². The van der Waals surface area contributed by atoms with Gasteiger partial charge >= 0.3 is 5.97 Å². The van der Waals surface area contributed by atoms with Gasteiger partial charge in [0.2, 0.25) is 5.91 Å². The zero-order valence-electron chi connectivity index (χ0n) is 27.1. The van der Waals surface area contributed by atoms with E-state index in [0.717, 1.165) is 40.9 Å². The van der Waals surface area contributed by atoms with Gasteiger partial charge in [-0.25, -0.2) is 14.8 Å². The number of rotatable bonds is 17. The highest BCUT2D eigenvalue weighted by molar-refractivity contribution is 6.06. The first kappa shape index (κ1) is 33.7. The van der Waals surface area contributed by atoms with Gasteiger partial charge in [-0.2, -0.15) is 0 Å². The van der Waals surface area contributed by atoms with E-state index in [1.807, 2.05) is 47.4 Å². The van der Waals surface area contributed by atoms with Gasteiger partial charge in [0.05, 0.1) is 30.3 Å². The fourth-order valence-corrected chi connectivity index (χ4v) is 5.37. The number of benzene rings is 2. The molecule has 0 saturated carbocycles. The highest BCUT2D eigenvalue weighted by Gasteiger charge is 2.20. The molecule has 0 aliphatic carbocycles. The standard InChI is InChI=1S/C34H46N6O5/c1-6-38(7-2)22-30(41)39(21-25-12-10-13-26(20-25)44-23-31(42)45-24(3)4)17-11-18-40-29(16-19-43-5)37-32-33(40)27-14-8-9-15-28(27)36-34(32)35/h8-10,12-15,20,24H,6-7,11,16-19,21-23H2,1-5H3,(H2,35,36). The number of nitrogens with two attached hydrogens (primary N) is 1. The Morgan fingerprint density at radius 3 is 2.56 bits per heavy atom. The summed E-state index contributed by atoms with van der Waals surface area (Å²) in [6.45, 7) is 11.6. The van der Waals surface area contributed by atoms with Crippen molar-refractivity contribution < 1.29 is 23.8 Å². The molecule has 0 saturated heterocycles.